The molecule has 1 unspecified atom stereocenters. The average Bonchev–Trinajstić information content (AvgIpc) is 3.18. The number of pyridine rings is 1. The molecule has 1 aliphatic rings. The SMILES string of the molecule is COc1c(Cl)cc(/C(O)=C2\C(=O)C(=O)N(c3cccc4ccccc34)C2c2ccncc2)c(OC)c1Cl. The number of fused-ring (bicyclic) bond motifs is 1. The first-order valence-electron chi connectivity index (χ1n) is 11.2. The van der Waals surface area contributed by atoms with Gasteiger partial charge in [0.05, 0.1) is 42.1 Å². The molecule has 1 N–H and O–H groups in total. The zero-order valence-electron chi connectivity index (χ0n) is 19.7. The molecule has 4 aromatic rings. The zero-order chi connectivity index (χ0) is 26.3. The normalized spacial score (nSPS) is 16.9. The molecule has 186 valence electrons. The largest absolute Gasteiger partial charge is 0.507 e. The predicted molar refractivity (Wildman–Crippen MR) is 143 cm³/mol. The zero-order valence-corrected chi connectivity index (χ0v) is 21.2. The van der Waals surface area contributed by atoms with Crippen molar-refractivity contribution in [3.8, 4) is 11.5 Å². The second-order valence-corrected chi connectivity index (χ2v) is 9.02. The second kappa shape index (κ2) is 9.76. The summed E-state index contributed by atoms with van der Waals surface area (Å²) >= 11 is 12.8. The number of anilines is 1. The highest BCUT2D eigenvalue weighted by atomic mass is 35.5. The van der Waals surface area contributed by atoms with E-state index in [1.165, 1.54) is 25.2 Å². The van der Waals surface area contributed by atoms with Crippen LogP contribution in [-0.2, 0) is 9.59 Å². The standard InChI is InChI=1S/C28H20Cl2N2O5/c1-36-26-18(14-19(29)27(37-2)22(26)30)24(33)21-23(16-10-12-31-13-11-16)32(28(35)25(21)34)20-9-5-7-15-6-3-4-8-17(15)20/h3-14,23,33H,1-2H3/b24-21+. The van der Waals surface area contributed by atoms with Gasteiger partial charge < -0.3 is 14.6 Å². The lowest BCUT2D eigenvalue weighted by molar-refractivity contribution is -0.132. The Kier molecular flexibility index (Phi) is 6.50. The number of aliphatic hydroxyl groups is 1. The Morgan fingerprint density at radius 2 is 1.62 bits per heavy atom. The Bertz CT molecular complexity index is 1580. The smallest absolute Gasteiger partial charge is 0.300 e. The molecule has 5 rings (SSSR count). The van der Waals surface area contributed by atoms with Gasteiger partial charge in [-0.05, 0) is 35.2 Å². The Morgan fingerprint density at radius 1 is 0.946 bits per heavy atom. The minimum Gasteiger partial charge on any atom is -0.507 e. The van der Waals surface area contributed by atoms with E-state index in [1.54, 1.807) is 30.6 Å². The van der Waals surface area contributed by atoms with E-state index in [1.807, 2.05) is 36.4 Å². The quantitative estimate of drug-likeness (QED) is 0.186. The van der Waals surface area contributed by atoms with Crippen LogP contribution in [0.2, 0.25) is 10.0 Å². The number of methoxy groups -OCH3 is 2. The number of halogens is 2. The summed E-state index contributed by atoms with van der Waals surface area (Å²) in [6.45, 7) is 0. The Balaban J connectivity index is 1.81. The first-order chi connectivity index (χ1) is 17.9. The first kappa shape index (κ1) is 24.6. The molecule has 2 heterocycles. The molecule has 1 amide bonds. The maximum atomic E-state index is 13.6. The van der Waals surface area contributed by atoms with E-state index in [-0.39, 0.29) is 32.7 Å². The number of Topliss-reactive ketones (excluding diaryl/α,β-unsaturated/α-hetero) is 1. The van der Waals surface area contributed by atoms with Crippen molar-refractivity contribution < 1.29 is 24.2 Å². The number of nitrogens with zero attached hydrogens (tertiary/aromatic N) is 2. The highest BCUT2D eigenvalue weighted by molar-refractivity contribution is 6.52. The molecule has 0 saturated carbocycles. The number of carbonyl (C=O) groups is 2. The maximum absolute atomic E-state index is 13.6. The fraction of sp³-hybridized carbons (Fsp3) is 0.107. The summed E-state index contributed by atoms with van der Waals surface area (Å²) in [6.07, 6.45) is 3.11. The number of amides is 1. The molecule has 1 atom stereocenters. The third-order valence-corrected chi connectivity index (χ3v) is 6.91. The molecular formula is C28H20Cl2N2O5. The number of aromatic nitrogens is 1. The van der Waals surface area contributed by atoms with Gasteiger partial charge in [-0.3, -0.25) is 19.5 Å². The number of ether oxygens (including phenoxy) is 2. The van der Waals surface area contributed by atoms with E-state index in [9.17, 15) is 14.7 Å². The molecule has 1 aromatic heterocycles. The van der Waals surface area contributed by atoms with Gasteiger partial charge in [0.1, 0.15) is 10.8 Å². The lowest BCUT2D eigenvalue weighted by atomic mass is 9.95. The Morgan fingerprint density at radius 3 is 2.32 bits per heavy atom. The maximum Gasteiger partial charge on any atom is 0.300 e. The molecule has 9 heteroatoms. The minimum atomic E-state index is -0.960. The van der Waals surface area contributed by atoms with Crippen LogP contribution in [0.15, 0.2) is 78.6 Å². The highest BCUT2D eigenvalue weighted by Crippen LogP contribution is 2.48. The molecule has 1 fully saturated rings. The van der Waals surface area contributed by atoms with Crippen molar-refractivity contribution in [3.63, 3.8) is 0 Å². The number of benzene rings is 3. The van der Waals surface area contributed by atoms with Gasteiger partial charge in [0.25, 0.3) is 11.7 Å². The summed E-state index contributed by atoms with van der Waals surface area (Å²) in [5.74, 6) is -1.93. The molecule has 1 saturated heterocycles. The van der Waals surface area contributed by atoms with Crippen LogP contribution in [-0.4, -0.2) is 36.0 Å². The predicted octanol–water partition coefficient (Wildman–Crippen LogP) is 6.19. The third kappa shape index (κ3) is 3.97. The van der Waals surface area contributed by atoms with Gasteiger partial charge >= 0.3 is 0 Å². The van der Waals surface area contributed by atoms with Gasteiger partial charge in [-0.15, -0.1) is 0 Å². The molecule has 0 radical (unpaired) electrons. The summed E-state index contributed by atoms with van der Waals surface area (Å²) in [4.78, 5) is 32.6. The van der Waals surface area contributed by atoms with Crippen LogP contribution in [0.5, 0.6) is 11.5 Å². The van der Waals surface area contributed by atoms with Crippen molar-refractivity contribution in [2.75, 3.05) is 19.1 Å². The fourth-order valence-corrected chi connectivity index (χ4v) is 5.34. The van der Waals surface area contributed by atoms with E-state index in [0.717, 1.165) is 10.8 Å². The molecule has 37 heavy (non-hydrogen) atoms. The highest BCUT2D eigenvalue weighted by Gasteiger charge is 2.47. The van der Waals surface area contributed by atoms with Crippen molar-refractivity contribution in [2.24, 2.45) is 0 Å². The van der Waals surface area contributed by atoms with Gasteiger partial charge in [-0.25, -0.2) is 0 Å². The monoisotopic (exact) mass is 534 g/mol. The molecule has 0 bridgehead atoms. The third-order valence-electron chi connectivity index (χ3n) is 6.29. The van der Waals surface area contributed by atoms with E-state index in [2.05, 4.69) is 4.98 Å². The number of aliphatic hydroxyl groups excluding tert-OH is 1. The van der Waals surface area contributed by atoms with E-state index in [4.69, 9.17) is 32.7 Å². The van der Waals surface area contributed by atoms with Crippen LogP contribution in [0.1, 0.15) is 17.2 Å². The molecule has 0 spiro atoms. The Labute approximate surface area is 222 Å². The number of rotatable bonds is 5. The number of ketones is 1. The molecule has 0 aliphatic carbocycles. The molecule has 3 aromatic carbocycles. The van der Waals surface area contributed by atoms with Crippen LogP contribution in [0.25, 0.3) is 16.5 Å². The number of hydrogen-bond acceptors (Lipinski definition) is 6. The van der Waals surface area contributed by atoms with Crippen molar-refractivity contribution in [1.29, 1.82) is 0 Å². The van der Waals surface area contributed by atoms with Crippen molar-refractivity contribution in [1.82, 2.24) is 4.98 Å². The van der Waals surface area contributed by atoms with Gasteiger partial charge in [0.2, 0.25) is 0 Å². The second-order valence-electron chi connectivity index (χ2n) is 8.23. The van der Waals surface area contributed by atoms with Gasteiger partial charge in [0, 0.05) is 17.8 Å². The van der Waals surface area contributed by atoms with Gasteiger partial charge in [0.15, 0.2) is 11.5 Å². The van der Waals surface area contributed by atoms with Crippen LogP contribution in [0.4, 0.5) is 5.69 Å². The van der Waals surface area contributed by atoms with Gasteiger partial charge in [-0.2, -0.15) is 0 Å². The summed E-state index contributed by atoms with van der Waals surface area (Å²) in [7, 11) is 2.76. The summed E-state index contributed by atoms with van der Waals surface area (Å²) < 4.78 is 10.7. The van der Waals surface area contributed by atoms with Crippen LogP contribution in [0.3, 0.4) is 0 Å². The van der Waals surface area contributed by atoms with E-state index in [0.29, 0.717) is 11.3 Å². The van der Waals surface area contributed by atoms with Crippen LogP contribution >= 0.6 is 23.2 Å². The van der Waals surface area contributed by atoms with Crippen LogP contribution in [0, 0.1) is 0 Å². The summed E-state index contributed by atoms with van der Waals surface area (Å²) in [5.41, 5.74) is 1.01. The summed E-state index contributed by atoms with van der Waals surface area (Å²) in [6, 6.07) is 16.8. The molecule has 1 aliphatic heterocycles. The van der Waals surface area contributed by atoms with E-state index >= 15 is 0 Å². The lowest BCUT2D eigenvalue weighted by Crippen LogP contribution is -2.29. The van der Waals surface area contributed by atoms with E-state index < -0.39 is 23.5 Å². The molecule has 7 nitrogen and oxygen atoms in total. The minimum absolute atomic E-state index is 0.0165. The summed E-state index contributed by atoms with van der Waals surface area (Å²) in [5, 5.41) is 13.4. The first-order valence-corrected chi connectivity index (χ1v) is 11.9. The van der Waals surface area contributed by atoms with Crippen molar-refractivity contribution >= 4 is 57.1 Å². The van der Waals surface area contributed by atoms with Crippen LogP contribution < -0.4 is 14.4 Å². The van der Waals surface area contributed by atoms with Crippen molar-refractivity contribution in [2.45, 2.75) is 6.04 Å². The number of carbonyl (C=O) groups excluding carboxylic acids is 2. The number of hydrogen-bond donors (Lipinski definition) is 1. The topological polar surface area (TPSA) is 89.0 Å². The lowest BCUT2D eigenvalue weighted by Gasteiger charge is -2.26. The molecular weight excluding hydrogens is 515 g/mol. The van der Waals surface area contributed by atoms with Crippen molar-refractivity contribution in [3.05, 3.63) is 99.8 Å². The fourth-order valence-electron chi connectivity index (χ4n) is 4.65. The Hall–Kier alpha value is -4.07. The average molecular weight is 535 g/mol. The van der Waals surface area contributed by atoms with Gasteiger partial charge in [-0.1, -0.05) is 59.6 Å².